The van der Waals surface area contributed by atoms with Gasteiger partial charge in [0.1, 0.15) is 11.8 Å². The number of hydrogen-bond acceptors (Lipinski definition) is 6. The Balaban J connectivity index is 1.88. The van der Waals surface area contributed by atoms with E-state index >= 15 is 0 Å². The first kappa shape index (κ1) is 21.2. The normalized spacial score (nSPS) is 17.0. The van der Waals surface area contributed by atoms with Crippen LogP contribution in [0.25, 0.3) is 21.5 Å². The Labute approximate surface area is 182 Å². The van der Waals surface area contributed by atoms with Crippen molar-refractivity contribution >= 4 is 27.5 Å². The van der Waals surface area contributed by atoms with Gasteiger partial charge < -0.3 is 18.9 Å². The van der Waals surface area contributed by atoms with Crippen LogP contribution in [0.1, 0.15) is 24.8 Å². The molecule has 1 aliphatic heterocycles. The third-order valence-electron chi connectivity index (χ3n) is 6.21. The number of piperidine rings is 1. The van der Waals surface area contributed by atoms with Crippen molar-refractivity contribution in [2.45, 2.75) is 31.8 Å². The first-order valence-corrected chi connectivity index (χ1v) is 10.6. The predicted octanol–water partition coefficient (Wildman–Crippen LogP) is 4.55. The smallest absolute Gasteiger partial charge is 0.323 e. The maximum Gasteiger partial charge on any atom is 0.323 e. The molecule has 1 atom stereocenters. The molecule has 1 saturated heterocycles. The van der Waals surface area contributed by atoms with Crippen molar-refractivity contribution in [3.8, 4) is 17.2 Å². The van der Waals surface area contributed by atoms with E-state index in [1.54, 1.807) is 21.3 Å². The summed E-state index contributed by atoms with van der Waals surface area (Å²) in [5.74, 6) is 2.02. The molecule has 0 N–H and O–H groups in total. The van der Waals surface area contributed by atoms with Gasteiger partial charge in [0.25, 0.3) is 0 Å². The van der Waals surface area contributed by atoms with Crippen LogP contribution in [0, 0.1) is 0 Å². The zero-order valence-corrected chi connectivity index (χ0v) is 18.6. The molecule has 0 aromatic heterocycles. The van der Waals surface area contributed by atoms with Crippen LogP contribution < -0.4 is 14.2 Å². The number of fused-ring (bicyclic) bond motifs is 3. The standard InChI is InChI=1S/C25H29NO5/c1-28-18-8-9-19-17(15-26-10-6-5-7-22(26)25(27)31-4)11-16-12-23(29-2)24(30-3)14-20(16)21(19)13-18/h8-9,11-14,22H,5-7,10,15H2,1-4H3. The molecule has 0 spiro atoms. The summed E-state index contributed by atoms with van der Waals surface area (Å²) in [5, 5.41) is 4.34. The largest absolute Gasteiger partial charge is 0.497 e. The summed E-state index contributed by atoms with van der Waals surface area (Å²) in [6.45, 7) is 1.55. The van der Waals surface area contributed by atoms with Crippen LogP contribution in [0.15, 0.2) is 36.4 Å². The Bertz CT molecular complexity index is 1110. The van der Waals surface area contributed by atoms with E-state index in [2.05, 4.69) is 23.1 Å². The Morgan fingerprint density at radius 2 is 1.68 bits per heavy atom. The van der Waals surface area contributed by atoms with E-state index in [4.69, 9.17) is 18.9 Å². The third kappa shape index (κ3) is 4.00. The summed E-state index contributed by atoms with van der Waals surface area (Å²) in [4.78, 5) is 14.6. The molecule has 6 heteroatoms. The number of esters is 1. The summed E-state index contributed by atoms with van der Waals surface area (Å²) in [7, 11) is 6.42. The molecule has 3 aromatic carbocycles. The Hall–Kier alpha value is -2.99. The van der Waals surface area contributed by atoms with Crippen LogP contribution >= 0.6 is 0 Å². The minimum atomic E-state index is -0.201. The highest BCUT2D eigenvalue weighted by Gasteiger charge is 2.30. The number of hydrogen-bond donors (Lipinski definition) is 0. The molecule has 164 valence electrons. The molecule has 0 bridgehead atoms. The molecular weight excluding hydrogens is 394 g/mol. The highest BCUT2D eigenvalue weighted by atomic mass is 16.5. The number of ether oxygens (including phenoxy) is 4. The maximum absolute atomic E-state index is 12.4. The van der Waals surface area contributed by atoms with Gasteiger partial charge in [-0.1, -0.05) is 12.5 Å². The lowest BCUT2D eigenvalue weighted by atomic mass is 9.94. The van der Waals surface area contributed by atoms with Crippen LogP contribution in [0.5, 0.6) is 17.2 Å². The Morgan fingerprint density at radius 3 is 2.39 bits per heavy atom. The van der Waals surface area contributed by atoms with Crippen molar-refractivity contribution in [2.75, 3.05) is 35.0 Å². The van der Waals surface area contributed by atoms with Crippen LogP contribution in [-0.4, -0.2) is 51.9 Å². The van der Waals surface area contributed by atoms with Crippen molar-refractivity contribution in [2.24, 2.45) is 0 Å². The summed E-state index contributed by atoms with van der Waals surface area (Å²) >= 11 is 0. The predicted molar refractivity (Wildman–Crippen MR) is 121 cm³/mol. The second-order valence-electron chi connectivity index (χ2n) is 7.88. The topological polar surface area (TPSA) is 57.2 Å². The van der Waals surface area contributed by atoms with Gasteiger partial charge in [0, 0.05) is 6.54 Å². The van der Waals surface area contributed by atoms with Crippen LogP contribution in [0.3, 0.4) is 0 Å². The molecule has 3 aromatic rings. The Kier molecular flexibility index (Phi) is 6.18. The van der Waals surface area contributed by atoms with Gasteiger partial charge in [-0.25, -0.2) is 0 Å². The van der Waals surface area contributed by atoms with Gasteiger partial charge in [0.2, 0.25) is 0 Å². The van der Waals surface area contributed by atoms with E-state index < -0.39 is 0 Å². The molecule has 0 radical (unpaired) electrons. The lowest BCUT2D eigenvalue weighted by molar-refractivity contribution is -0.148. The molecule has 4 rings (SSSR count). The van der Waals surface area contributed by atoms with Crippen molar-refractivity contribution in [1.29, 1.82) is 0 Å². The quantitative estimate of drug-likeness (QED) is 0.428. The van der Waals surface area contributed by atoms with E-state index in [9.17, 15) is 4.79 Å². The van der Waals surface area contributed by atoms with E-state index in [-0.39, 0.29) is 12.0 Å². The summed E-state index contributed by atoms with van der Waals surface area (Å²) < 4.78 is 21.6. The minimum absolute atomic E-state index is 0.155. The molecular formula is C25H29NO5. The first-order chi connectivity index (χ1) is 15.1. The third-order valence-corrected chi connectivity index (χ3v) is 6.21. The van der Waals surface area contributed by atoms with E-state index in [0.29, 0.717) is 18.0 Å². The number of benzene rings is 3. The summed E-state index contributed by atoms with van der Waals surface area (Å²) in [6.07, 6.45) is 2.96. The number of likely N-dealkylation sites (tertiary alicyclic amines) is 1. The fourth-order valence-corrected chi connectivity index (χ4v) is 4.60. The molecule has 0 amide bonds. The number of nitrogens with zero attached hydrogens (tertiary/aromatic N) is 1. The highest BCUT2D eigenvalue weighted by Crippen LogP contribution is 2.39. The molecule has 0 saturated carbocycles. The van der Waals surface area contributed by atoms with E-state index in [1.807, 2.05) is 18.2 Å². The van der Waals surface area contributed by atoms with Gasteiger partial charge in [0.15, 0.2) is 11.5 Å². The highest BCUT2D eigenvalue weighted by molar-refractivity contribution is 6.10. The fraction of sp³-hybridized carbons (Fsp3) is 0.400. The first-order valence-electron chi connectivity index (χ1n) is 10.6. The zero-order chi connectivity index (χ0) is 22.0. The number of rotatable bonds is 6. The van der Waals surface area contributed by atoms with Crippen LogP contribution in [-0.2, 0) is 16.1 Å². The number of methoxy groups -OCH3 is 4. The van der Waals surface area contributed by atoms with Crippen molar-refractivity contribution in [3.05, 3.63) is 42.0 Å². The zero-order valence-electron chi connectivity index (χ0n) is 18.6. The summed E-state index contributed by atoms with van der Waals surface area (Å²) in [6, 6.07) is 12.1. The fourth-order valence-electron chi connectivity index (χ4n) is 4.60. The van der Waals surface area contributed by atoms with Crippen LogP contribution in [0.4, 0.5) is 0 Å². The van der Waals surface area contributed by atoms with Gasteiger partial charge >= 0.3 is 5.97 Å². The maximum atomic E-state index is 12.4. The van der Waals surface area contributed by atoms with Gasteiger partial charge in [-0.2, -0.15) is 0 Å². The second-order valence-corrected chi connectivity index (χ2v) is 7.88. The van der Waals surface area contributed by atoms with Crippen LogP contribution in [0.2, 0.25) is 0 Å². The monoisotopic (exact) mass is 423 g/mol. The molecule has 1 unspecified atom stereocenters. The van der Waals surface area contributed by atoms with Gasteiger partial charge in [0.05, 0.1) is 28.4 Å². The lowest BCUT2D eigenvalue weighted by Gasteiger charge is -2.34. The molecule has 31 heavy (non-hydrogen) atoms. The van der Waals surface area contributed by atoms with E-state index in [0.717, 1.165) is 58.7 Å². The van der Waals surface area contributed by atoms with Crippen molar-refractivity contribution < 1.29 is 23.7 Å². The summed E-state index contributed by atoms with van der Waals surface area (Å²) in [5.41, 5.74) is 1.16. The van der Waals surface area contributed by atoms with Gasteiger partial charge in [-0.3, -0.25) is 9.69 Å². The molecule has 1 heterocycles. The van der Waals surface area contributed by atoms with Crippen molar-refractivity contribution in [3.63, 3.8) is 0 Å². The van der Waals surface area contributed by atoms with Crippen molar-refractivity contribution in [1.82, 2.24) is 4.90 Å². The average molecular weight is 424 g/mol. The molecule has 6 nitrogen and oxygen atoms in total. The number of carbonyl (C=O) groups is 1. The molecule has 0 aliphatic carbocycles. The van der Waals surface area contributed by atoms with Gasteiger partial charge in [-0.05, 0) is 76.8 Å². The SMILES string of the molecule is COC(=O)C1CCCCN1Cc1cc2cc(OC)c(OC)cc2c2cc(OC)ccc12. The number of carbonyl (C=O) groups excluding carboxylic acids is 1. The lowest BCUT2D eigenvalue weighted by Crippen LogP contribution is -2.44. The second kappa shape index (κ2) is 9.02. The molecule has 1 aliphatic rings. The minimum Gasteiger partial charge on any atom is -0.497 e. The van der Waals surface area contributed by atoms with E-state index in [1.165, 1.54) is 7.11 Å². The molecule has 1 fully saturated rings. The van der Waals surface area contributed by atoms with Gasteiger partial charge in [-0.15, -0.1) is 0 Å². The Morgan fingerprint density at radius 1 is 0.903 bits per heavy atom. The average Bonchev–Trinajstić information content (AvgIpc) is 2.82.